The number of hydrogen-bond donors (Lipinski definition) is 0. The fraction of sp³-hybridized carbons (Fsp3) is 0.130. The lowest BCUT2D eigenvalue weighted by Gasteiger charge is -2.30. The zero-order valence-electron chi connectivity index (χ0n) is 12.8. The summed E-state index contributed by atoms with van der Waals surface area (Å²) in [7, 11) is 0. The predicted molar refractivity (Wildman–Crippen MR) is 94.4 cm³/mol. The molecule has 0 unspecified atom stereocenters. The van der Waals surface area contributed by atoms with Crippen LogP contribution in [0.3, 0.4) is 0 Å². The fourth-order valence-corrected chi connectivity index (χ4v) is 5.35. The van der Waals surface area contributed by atoms with Crippen LogP contribution in [0.1, 0.15) is 39.3 Å². The molecule has 0 heterocycles. The summed E-state index contributed by atoms with van der Waals surface area (Å²) in [5, 5.41) is 0. The van der Waals surface area contributed by atoms with Crippen LogP contribution >= 0.6 is 0 Å². The molecular formula is C23H16. The average molecular weight is 292 g/mol. The van der Waals surface area contributed by atoms with Gasteiger partial charge in [-0.3, -0.25) is 0 Å². The molecular weight excluding hydrogens is 276 g/mol. The molecule has 0 nitrogen and oxygen atoms in total. The maximum absolute atomic E-state index is 2.44. The van der Waals surface area contributed by atoms with Crippen molar-refractivity contribution in [2.75, 3.05) is 0 Å². The molecule has 23 heavy (non-hydrogen) atoms. The van der Waals surface area contributed by atoms with E-state index in [1.54, 1.807) is 0 Å². The van der Waals surface area contributed by atoms with Crippen LogP contribution in [0.25, 0.3) is 11.6 Å². The second kappa shape index (κ2) is 3.83. The summed E-state index contributed by atoms with van der Waals surface area (Å²) in [6.07, 6.45) is 3.57. The lowest BCUT2D eigenvalue weighted by Crippen LogP contribution is -2.26. The topological polar surface area (TPSA) is 0 Å². The SMILES string of the molecule is C1=C2c3ccccc3[C@H]3c4ccccc4C[C@]23c2ccccc21. The number of hydrogen-bond acceptors (Lipinski definition) is 0. The average Bonchev–Trinajstić information content (AvgIpc) is 3.19. The lowest BCUT2D eigenvalue weighted by atomic mass is 9.71. The van der Waals surface area contributed by atoms with Crippen LogP contribution in [0.4, 0.5) is 0 Å². The number of rotatable bonds is 0. The Bertz CT molecular complexity index is 1010. The van der Waals surface area contributed by atoms with Crippen molar-refractivity contribution in [2.24, 2.45) is 0 Å². The van der Waals surface area contributed by atoms with Crippen molar-refractivity contribution in [1.82, 2.24) is 0 Å². The van der Waals surface area contributed by atoms with Crippen molar-refractivity contribution >= 4 is 11.6 Å². The normalized spacial score (nSPS) is 25.2. The van der Waals surface area contributed by atoms with Crippen molar-refractivity contribution < 1.29 is 0 Å². The first-order valence-corrected chi connectivity index (χ1v) is 8.38. The Morgan fingerprint density at radius 2 is 1.48 bits per heavy atom. The lowest BCUT2D eigenvalue weighted by molar-refractivity contribution is 0.558. The maximum Gasteiger partial charge on any atom is 0.0364 e. The van der Waals surface area contributed by atoms with E-state index in [2.05, 4.69) is 78.9 Å². The summed E-state index contributed by atoms with van der Waals surface area (Å²) in [4.78, 5) is 0. The Balaban J connectivity index is 1.76. The molecule has 0 amide bonds. The third kappa shape index (κ3) is 1.22. The zero-order chi connectivity index (χ0) is 15.0. The van der Waals surface area contributed by atoms with Gasteiger partial charge in [0.25, 0.3) is 0 Å². The molecule has 0 aromatic heterocycles. The summed E-state index contributed by atoms with van der Waals surface area (Å²) in [6.45, 7) is 0. The van der Waals surface area contributed by atoms with Crippen molar-refractivity contribution in [3.8, 4) is 0 Å². The third-order valence-corrected chi connectivity index (χ3v) is 6.11. The highest BCUT2D eigenvalue weighted by atomic mass is 14.6. The summed E-state index contributed by atoms with van der Waals surface area (Å²) < 4.78 is 0. The first-order chi connectivity index (χ1) is 11.4. The molecule has 3 aromatic rings. The van der Waals surface area contributed by atoms with Crippen molar-refractivity contribution in [2.45, 2.75) is 17.8 Å². The minimum absolute atomic E-state index is 0.129. The van der Waals surface area contributed by atoms with Gasteiger partial charge in [0.1, 0.15) is 0 Å². The third-order valence-electron chi connectivity index (χ3n) is 6.11. The fourth-order valence-electron chi connectivity index (χ4n) is 5.35. The van der Waals surface area contributed by atoms with Gasteiger partial charge < -0.3 is 0 Å². The maximum atomic E-state index is 2.44. The van der Waals surface area contributed by atoms with Crippen LogP contribution in [0.5, 0.6) is 0 Å². The van der Waals surface area contributed by atoms with E-state index in [0.29, 0.717) is 5.92 Å². The highest BCUT2D eigenvalue weighted by Gasteiger charge is 2.57. The molecule has 0 heteroatoms. The van der Waals surface area contributed by atoms with Crippen molar-refractivity contribution in [1.29, 1.82) is 0 Å². The standard InChI is InChI=1S/C23H16/c1-3-9-17-16(8-1)14-23-20-12-6-2-7-15(20)13-21(23)18-10-4-5-11-19(18)22(17)23/h1-13,22H,14H2/t22-,23+/m1/s1. The molecule has 2 atom stereocenters. The first-order valence-electron chi connectivity index (χ1n) is 8.38. The molecule has 0 N–H and O–H groups in total. The highest BCUT2D eigenvalue weighted by Crippen LogP contribution is 2.67. The van der Waals surface area contributed by atoms with Crippen molar-refractivity contribution in [3.05, 3.63) is 106 Å². The Labute approximate surface area is 136 Å². The van der Waals surface area contributed by atoms with Gasteiger partial charge in [-0.2, -0.15) is 0 Å². The predicted octanol–water partition coefficient (Wildman–Crippen LogP) is 5.18. The summed E-state index contributed by atoms with van der Waals surface area (Å²) in [6, 6.07) is 27.1. The van der Waals surface area contributed by atoms with Gasteiger partial charge in [-0.15, -0.1) is 0 Å². The number of allylic oxidation sites excluding steroid dienone is 1. The Kier molecular flexibility index (Phi) is 1.98. The minimum Gasteiger partial charge on any atom is -0.0620 e. The van der Waals surface area contributed by atoms with Crippen LogP contribution in [-0.4, -0.2) is 0 Å². The second-order valence-corrected chi connectivity index (χ2v) is 7.01. The zero-order valence-corrected chi connectivity index (χ0v) is 12.8. The summed E-state index contributed by atoms with van der Waals surface area (Å²) in [5.74, 6) is 0.477. The van der Waals surface area contributed by atoms with Gasteiger partial charge in [0.15, 0.2) is 0 Å². The molecule has 108 valence electrons. The Hall–Kier alpha value is -2.60. The Morgan fingerprint density at radius 1 is 0.739 bits per heavy atom. The molecule has 6 rings (SSSR count). The van der Waals surface area contributed by atoms with Gasteiger partial charge in [-0.1, -0.05) is 72.8 Å². The largest absolute Gasteiger partial charge is 0.0620 e. The quantitative estimate of drug-likeness (QED) is 0.535. The van der Waals surface area contributed by atoms with Crippen LogP contribution in [0.2, 0.25) is 0 Å². The van der Waals surface area contributed by atoms with E-state index < -0.39 is 0 Å². The molecule has 0 aliphatic heterocycles. The monoisotopic (exact) mass is 292 g/mol. The van der Waals surface area contributed by atoms with E-state index in [-0.39, 0.29) is 5.41 Å². The molecule has 0 bridgehead atoms. The Morgan fingerprint density at radius 3 is 2.43 bits per heavy atom. The van der Waals surface area contributed by atoms with E-state index >= 15 is 0 Å². The molecule has 0 radical (unpaired) electrons. The van der Waals surface area contributed by atoms with E-state index in [1.165, 1.54) is 39.0 Å². The van der Waals surface area contributed by atoms with Crippen molar-refractivity contribution in [3.63, 3.8) is 0 Å². The highest BCUT2D eigenvalue weighted by molar-refractivity contribution is 6.01. The molecule has 3 aliphatic carbocycles. The van der Waals surface area contributed by atoms with E-state index in [9.17, 15) is 0 Å². The molecule has 0 fully saturated rings. The van der Waals surface area contributed by atoms with Gasteiger partial charge in [0.2, 0.25) is 0 Å². The smallest absolute Gasteiger partial charge is 0.0364 e. The second-order valence-electron chi connectivity index (χ2n) is 7.01. The first kappa shape index (κ1) is 11.9. The van der Waals surface area contributed by atoms with Crippen LogP contribution in [-0.2, 0) is 11.8 Å². The van der Waals surface area contributed by atoms with Gasteiger partial charge >= 0.3 is 0 Å². The summed E-state index contributed by atoms with van der Waals surface area (Å²) >= 11 is 0. The minimum atomic E-state index is 0.129. The molecule has 0 saturated carbocycles. The van der Waals surface area contributed by atoms with Crippen LogP contribution in [0, 0.1) is 0 Å². The van der Waals surface area contributed by atoms with Gasteiger partial charge in [0, 0.05) is 11.3 Å². The molecule has 0 saturated heterocycles. The van der Waals surface area contributed by atoms with E-state index in [4.69, 9.17) is 0 Å². The van der Waals surface area contributed by atoms with Crippen LogP contribution < -0.4 is 0 Å². The van der Waals surface area contributed by atoms with E-state index in [1.807, 2.05) is 0 Å². The number of benzene rings is 3. The van der Waals surface area contributed by atoms with Gasteiger partial charge in [-0.05, 0) is 51.5 Å². The molecule has 3 aromatic carbocycles. The molecule has 3 aliphatic rings. The van der Waals surface area contributed by atoms with Gasteiger partial charge in [0.05, 0.1) is 0 Å². The van der Waals surface area contributed by atoms with Gasteiger partial charge in [-0.25, -0.2) is 0 Å². The van der Waals surface area contributed by atoms with E-state index in [0.717, 1.165) is 6.42 Å². The molecule has 1 spiro atoms. The summed E-state index contributed by atoms with van der Waals surface area (Å²) in [5.41, 5.74) is 10.6. The number of fused-ring (bicyclic) bond motifs is 6. The van der Waals surface area contributed by atoms with Crippen LogP contribution in [0.15, 0.2) is 72.8 Å².